The van der Waals surface area contributed by atoms with Crippen LogP contribution in [0.15, 0.2) is 48.7 Å². The van der Waals surface area contributed by atoms with Crippen LogP contribution >= 0.6 is 0 Å². The third-order valence-corrected chi connectivity index (χ3v) is 4.99. The molecule has 0 spiro atoms. The molecule has 1 aromatic heterocycles. The SMILES string of the molecule is COC(=O)Cc1cn(C)c2cc3c(cc12)CN(Cc1ccccc1)C3. The molecule has 4 rings (SSSR count). The lowest BCUT2D eigenvalue weighted by molar-refractivity contribution is -0.139. The highest BCUT2D eigenvalue weighted by molar-refractivity contribution is 5.89. The summed E-state index contributed by atoms with van der Waals surface area (Å²) in [7, 11) is 3.47. The number of aromatic nitrogens is 1. The number of hydrogen-bond acceptors (Lipinski definition) is 3. The van der Waals surface area contributed by atoms with Gasteiger partial charge in [0.25, 0.3) is 0 Å². The van der Waals surface area contributed by atoms with Crippen LogP contribution in [-0.4, -0.2) is 22.5 Å². The van der Waals surface area contributed by atoms with E-state index in [1.807, 2.05) is 13.2 Å². The third-order valence-electron chi connectivity index (χ3n) is 4.99. The molecule has 0 fully saturated rings. The number of hydrogen-bond donors (Lipinski definition) is 0. The van der Waals surface area contributed by atoms with E-state index in [0.717, 1.165) is 30.6 Å². The average molecular weight is 334 g/mol. The van der Waals surface area contributed by atoms with Crippen LogP contribution in [0.3, 0.4) is 0 Å². The first-order valence-corrected chi connectivity index (χ1v) is 8.57. The van der Waals surface area contributed by atoms with Gasteiger partial charge in [0.15, 0.2) is 0 Å². The molecule has 2 heterocycles. The summed E-state index contributed by atoms with van der Waals surface area (Å²) in [6.45, 7) is 2.88. The van der Waals surface area contributed by atoms with Gasteiger partial charge in [-0.3, -0.25) is 9.69 Å². The number of fused-ring (bicyclic) bond motifs is 2. The molecule has 0 N–H and O–H groups in total. The Morgan fingerprint density at radius 1 is 1.12 bits per heavy atom. The van der Waals surface area contributed by atoms with Crippen LogP contribution in [0, 0.1) is 0 Å². The summed E-state index contributed by atoms with van der Waals surface area (Å²) < 4.78 is 6.94. The van der Waals surface area contributed by atoms with Crippen molar-refractivity contribution in [3.05, 3.63) is 70.9 Å². The maximum Gasteiger partial charge on any atom is 0.310 e. The fourth-order valence-corrected chi connectivity index (χ4v) is 3.75. The quantitative estimate of drug-likeness (QED) is 0.686. The van der Waals surface area contributed by atoms with Crippen molar-refractivity contribution >= 4 is 16.9 Å². The Balaban J connectivity index is 1.62. The maximum atomic E-state index is 11.7. The molecule has 0 aliphatic carbocycles. The fraction of sp³-hybridized carbons (Fsp3) is 0.286. The van der Waals surface area contributed by atoms with E-state index < -0.39 is 0 Å². The minimum atomic E-state index is -0.196. The zero-order chi connectivity index (χ0) is 17.4. The van der Waals surface area contributed by atoms with Crippen molar-refractivity contribution in [3.8, 4) is 0 Å². The molecule has 0 radical (unpaired) electrons. The van der Waals surface area contributed by atoms with Crippen molar-refractivity contribution in [2.24, 2.45) is 7.05 Å². The molecular weight excluding hydrogens is 312 g/mol. The summed E-state index contributed by atoms with van der Waals surface area (Å²) in [6, 6.07) is 15.1. The molecule has 4 nitrogen and oxygen atoms in total. The number of nitrogens with zero attached hydrogens (tertiary/aromatic N) is 2. The van der Waals surface area contributed by atoms with Gasteiger partial charge in [0.2, 0.25) is 0 Å². The summed E-state index contributed by atoms with van der Waals surface area (Å²) >= 11 is 0. The van der Waals surface area contributed by atoms with Crippen LogP contribution in [0.5, 0.6) is 0 Å². The van der Waals surface area contributed by atoms with Gasteiger partial charge < -0.3 is 9.30 Å². The second-order valence-electron chi connectivity index (χ2n) is 6.79. The zero-order valence-electron chi connectivity index (χ0n) is 14.7. The number of esters is 1. The lowest BCUT2D eigenvalue weighted by Gasteiger charge is -2.14. The number of methoxy groups -OCH3 is 1. The minimum absolute atomic E-state index is 0.196. The van der Waals surface area contributed by atoms with E-state index >= 15 is 0 Å². The van der Waals surface area contributed by atoms with Gasteiger partial charge in [-0.2, -0.15) is 0 Å². The topological polar surface area (TPSA) is 34.5 Å². The van der Waals surface area contributed by atoms with Crippen LogP contribution < -0.4 is 0 Å². The molecule has 25 heavy (non-hydrogen) atoms. The van der Waals surface area contributed by atoms with E-state index in [1.54, 1.807) is 0 Å². The van der Waals surface area contributed by atoms with Crippen molar-refractivity contribution in [1.29, 1.82) is 0 Å². The van der Waals surface area contributed by atoms with Crippen LogP contribution in [0.4, 0.5) is 0 Å². The van der Waals surface area contributed by atoms with Gasteiger partial charge >= 0.3 is 5.97 Å². The Morgan fingerprint density at radius 2 is 1.84 bits per heavy atom. The average Bonchev–Trinajstić information content (AvgIpc) is 3.14. The zero-order valence-corrected chi connectivity index (χ0v) is 14.7. The van der Waals surface area contributed by atoms with Gasteiger partial charge in [-0.25, -0.2) is 0 Å². The van der Waals surface area contributed by atoms with Crippen LogP contribution in [0.25, 0.3) is 10.9 Å². The molecule has 1 aliphatic rings. The molecule has 0 saturated heterocycles. The summed E-state index contributed by atoms with van der Waals surface area (Å²) in [5.74, 6) is -0.196. The van der Waals surface area contributed by atoms with E-state index in [0.29, 0.717) is 6.42 Å². The van der Waals surface area contributed by atoms with Gasteiger partial charge in [0, 0.05) is 43.8 Å². The smallest absolute Gasteiger partial charge is 0.310 e. The number of carbonyl (C=O) groups excluding carboxylic acids is 1. The third kappa shape index (κ3) is 3.05. The van der Waals surface area contributed by atoms with E-state index in [2.05, 4.69) is 51.9 Å². The molecule has 0 unspecified atom stereocenters. The van der Waals surface area contributed by atoms with E-state index in [1.165, 1.54) is 29.3 Å². The molecule has 1 aliphatic heterocycles. The first-order valence-electron chi connectivity index (χ1n) is 8.57. The Morgan fingerprint density at radius 3 is 2.56 bits per heavy atom. The summed E-state index contributed by atoms with van der Waals surface area (Å²) in [5.41, 5.74) is 6.30. The van der Waals surface area contributed by atoms with E-state index in [-0.39, 0.29) is 5.97 Å². The van der Waals surface area contributed by atoms with Crippen LogP contribution in [0.2, 0.25) is 0 Å². The molecule has 4 heteroatoms. The Hall–Kier alpha value is -2.59. The highest BCUT2D eigenvalue weighted by atomic mass is 16.5. The van der Waals surface area contributed by atoms with E-state index in [9.17, 15) is 4.79 Å². The van der Waals surface area contributed by atoms with Gasteiger partial charge in [-0.15, -0.1) is 0 Å². The number of benzene rings is 2. The minimum Gasteiger partial charge on any atom is -0.469 e. The summed E-state index contributed by atoms with van der Waals surface area (Å²) in [5, 5.41) is 1.16. The molecule has 0 saturated carbocycles. The maximum absolute atomic E-state index is 11.7. The lowest BCUT2D eigenvalue weighted by atomic mass is 10.0. The van der Waals surface area contributed by atoms with Crippen molar-refractivity contribution in [2.45, 2.75) is 26.1 Å². The predicted octanol–water partition coefficient (Wildman–Crippen LogP) is 3.41. The summed E-state index contributed by atoms with van der Waals surface area (Å²) in [6.07, 6.45) is 2.36. The summed E-state index contributed by atoms with van der Waals surface area (Å²) in [4.78, 5) is 14.1. The second kappa shape index (κ2) is 6.37. The molecule has 0 bridgehead atoms. The van der Waals surface area contributed by atoms with Gasteiger partial charge in [0.1, 0.15) is 0 Å². The number of rotatable bonds is 4. The first kappa shape index (κ1) is 15.9. The number of aryl methyl sites for hydroxylation is 1. The fourth-order valence-electron chi connectivity index (χ4n) is 3.75. The Labute approximate surface area is 147 Å². The van der Waals surface area contributed by atoms with Crippen molar-refractivity contribution in [3.63, 3.8) is 0 Å². The molecule has 0 atom stereocenters. The Kier molecular flexibility index (Phi) is 4.06. The van der Waals surface area contributed by atoms with Crippen molar-refractivity contribution < 1.29 is 9.53 Å². The number of ether oxygens (including phenoxy) is 1. The highest BCUT2D eigenvalue weighted by Gasteiger charge is 2.22. The normalized spacial score (nSPS) is 14.0. The molecule has 128 valence electrons. The van der Waals surface area contributed by atoms with Gasteiger partial charge in [0.05, 0.1) is 13.5 Å². The number of carbonyl (C=O) groups is 1. The largest absolute Gasteiger partial charge is 0.469 e. The van der Waals surface area contributed by atoms with Crippen LogP contribution in [0.1, 0.15) is 22.3 Å². The molecule has 2 aromatic carbocycles. The first-order chi connectivity index (χ1) is 12.1. The lowest BCUT2D eigenvalue weighted by Crippen LogP contribution is -2.15. The molecule has 3 aromatic rings. The standard InChI is InChI=1S/C21H22N2O2/c1-22-12-18(10-21(24)25-2)19-8-16-13-23(14-17(16)9-20(19)22)11-15-6-4-3-5-7-15/h3-9,12H,10-11,13-14H2,1-2H3. The Bertz CT molecular complexity index is 928. The van der Waals surface area contributed by atoms with Crippen LogP contribution in [-0.2, 0) is 42.6 Å². The predicted molar refractivity (Wildman–Crippen MR) is 98.0 cm³/mol. The van der Waals surface area contributed by atoms with Crippen molar-refractivity contribution in [2.75, 3.05) is 7.11 Å². The highest BCUT2D eigenvalue weighted by Crippen LogP contribution is 2.31. The molecular formula is C21H22N2O2. The monoisotopic (exact) mass is 334 g/mol. The van der Waals surface area contributed by atoms with Gasteiger partial charge in [-0.05, 0) is 34.4 Å². The second-order valence-corrected chi connectivity index (χ2v) is 6.79. The molecule has 0 amide bonds. The van der Waals surface area contributed by atoms with Crippen molar-refractivity contribution in [1.82, 2.24) is 9.47 Å². The van der Waals surface area contributed by atoms with Gasteiger partial charge in [-0.1, -0.05) is 30.3 Å². The van der Waals surface area contributed by atoms with E-state index in [4.69, 9.17) is 4.74 Å².